The van der Waals surface area contributed by atoms with E-state index in [1.54, 1.807) is 0 Å². The average Bonchev–Trinajstić information content (AvgIpc) is 2.87. The summed E-state index contributed by atoms with van der Waals surface area (Å²) in [5.74, 6) is -2.51. The van der Waals surface area contributed by atoms with Crippen LogP contribution in [0.2, 0.25) is 0 Å². The molecule has 0 amide bonds. The van der Waals surface area contributed by atoms with Crippen molar-refractivity contribution in [3.05, 3.63) is 36.2 Å². The molecule has 2 heterocycles. The molecule has 1 aromatic rings. The van der Waals surface area contributed by atoms with Gasteiger partial charge in [0.15, 0.2) is 0 Å². The predicted octanol–water partition coefficient (Wildman–Crippen LogP) is 1.80. The van der Waals surface area contributed by atoms with Gasteiger partial charge in [-0.15, -0.1) is 0 Å². The molecule has 108 valence electrons. The summed E-state index contributed by atoms with van der Waals surface area (Å²) in [7, 11) is 0. The van der Waals surface area contributed by atoms with Crippen molar-refractivity contribution < 1.29 is 19.8 Å². The van der Waals surface area contributed by atoms with E-state index in [4.69, 9.17) is 10.2 Å². The number of aromatic nitrogens is 1. The predicted molar refractivity (Wildman–Crippen MR) is 75.2 cm³/mol. The Balaban J connectivity index is 0.000000221. The van der Waals surface area contributed by atoms with Gasteiger partial charge >= 0.3 is 11.9 Å². The van der Waals surface area contributed by atoms with Gasteiger partial charge in [0.25, 0.3) is 0 Å². The van der Waals surface area contributed by atoms with Gasteiger partial charge in [-0.05, 0) is 18.6 Å². The molecule has 0 atom stereocenters. The van der Waals surface area contributed by atoms with Crippen molar-refractivity contribution in [1.29, 1.82) is 0 Å². The topological polar surface area (TPSA) is 91.9 Å². The van der Waals surface area contributed by atoms with E-state index in [2.05, 4.69) is 34.8 Å². The molecule has 2 N–H and O–H groups in total. The molecule has 0 unspecified atom stereocenters. The first-order valence-corrected chi connectivity index (χ1v) is 6.37. The SMILES string of the molecule is CCCC1=NCCn2cccc21.O=C(O)C=CC(=O)O. The largest absolute Gasteiger partial charge is 0.478 e. The Morgan fingerprint density at radius 1 is 1.35 bits per heavy atom. The molecule has 0 fully saturated rings. The lowest BCUT2D eigenvalue weighted by Crippen LogP contribution is -2.17. The van der Waals surface area contributed by atoms with Gasteiger partial charge in [-0.1, -0.05) is 13.3 Å². The molecule has 6 heteroatoms. The van der Waals surface area contributed by atoms with Crippen molar-refractivity contribution in [3.8, 4) is 0 Å². The molecule has 0 aromatic carbocycles. The minimum atomic E-state index is -1.26. The average molecular weight is 278 g/mol. The molecule has 0 radical (unpaired) electrons. The summed E-state index contributed by atoms with van der Waals surface area (Å²) in [6, 6.07) is 4.26. The van der Waals surface area contributed by atoms with E-state index in [0.29, 0.717) is 12.2 Å². The summed E-state index contributed by atoms with van der Waals surface area (Å²) in [4.78, 5) is 23.6. The smallest absolute Gasteiger partial charge is 0.328 e. The van der Waals surface area contributed by atoms with Gasteiger partial charge in [-0.3, -0.25) is 4.99 Å². The van der Waals surface area contributed by atoms with Gasteiger partial charge in [0.05, 0.1) is 18.0 Å². The van der Waals surface area contributed by atoms with Crippen LogP contribution in [0.4, 0.5) is 0 Å². The molecule has 1 aliphatic heterocycles. The van der Waals surface area contributed by atoms with E-state index in [1.165, 1.54) is 17.8 Å². The molecule has 2 rings (SSSR count). The number of hydrogen-bond acceptors (Lipinski definition) is 3. The van der Waals surface area contributed by atoms with Gasteiger partial charge < -0.3 is 14.8 Å². The maximum Gasteiger partial charge on any atom is 0.328 e. The molecule has 0 bridgehead atoms. The number of nitrogens with zero attached hydrogens (tertiary/aromatic N) is 2. The summed E-state index contributed by atoms with van der Waals surface area (Å²) in [6.07, 6.45) is 5.55. The number of rotatable bonds is 4. The maximum atomic E-state index is 9.55. The van der Waals surface area contributed by atoms with Crippen molar-refractivity contribution in [2.45, 2.75) is 26.3 Å². The number of aliphatic imine (C=N–C) groups is 1. The van der Waals surface area contributed by atoms with E-state index in [9.17, 15) is 9.59 Å². The summed E-state index contributed by atoms with van der Waals surface area (Å²) in [5, 5.41) is 15.6. The second-order valence-electron chi connectivity index (χ2n) is 4.18. The van der Waals surface area contributed by atoms with Gasteiger partial charge in [-0.2, -0.15) is 0 Å². The highest BCUT2D eigenvalue weighted by Crippen LogP contribution is 2.12. The highest BCUT2D eigenvalue weighted by Gasteiger charge is 2.10. The number of carbonyl (C=O) groups is 2. The van der Waals surface area contributed by atoms with Crippen molar-refractivity contribution in [1.82, 2.24) is 4.57 Å². The second-order valence-corrected chi connectivity index (χ2v) is 4.18. The van der Waals surface area contributed by atoms with Crippen LogP contribution in [-0.2, 0) is 16.1 Å². The van der Waals surface area contributed by atoms with Crippen LogP contribution in [0.5, 0.6) is 0 Å². The Morgan fingerprint density at radius 2 is 2.00 bits per heavy atom. The Bertz CT molecular complexity index is 513. The van der Waals surface area contributed by atoms with Crippen molar-refractivity contribution in [3.63, 3.8) is 0 Å². The van der Waals surface area contributed by atoms with Gasteiger partial charge in [0.2, 0.25) is 0 Å². The Kier molecular flexibility index (Phi) is 6.22. The number of carboxylic acids is 2. The third kappa shape index (κ3) is 5.09. The van der Waals surface area contributed by atoms with Gasteiger partial charge in [0, 0.05) is 24.9 Å². The molecule has 0 spiro atoms. The Labute approximate surface area is 117 Å². The Morgan fingerprint density at radius 3 is 2.55 bits per heavy atom. The standard InChI is InChI=1S/C10H14N2.C4H4O4/c1-2-4-9-10-5-3-7-12(10)8-6-11-9;5-3(6)1-2-4(7)8/h3,5,7H,2,4,6,8H2,1H3;1-2H,(H,5,6)(H,7,8). The summed E-state index contributed by atoms with van der Waals surface area (Å²) >= 11 is 0. The van der Waals surface area contributed by atoms with Crippen LogP contribution in [0.3, 0.4) is 0 Å². The zero-order valence-corrected chi connectivity index (χ0v) is 11.3. The van der Waals surface area contributed by atoms with Crippen molar-refractivity contribution in [2.24, 2.45) is 4.99 Å². The number of fused-ring (bicyclic) bond motifs is 1. The first-order valence-electron chi connectivity index (χ1n) is 6.37. The fraction of sp³-hybridized carbons (Fsp3) is 0.357. The minimum absolute atomic E-state index is 0.558. The van der Waals surface area contributed by atoms with Crippen LogP contribution >= 0.6 is 0 Å². The molecule has 0 aliphatic carbocycles. The first-order chi connectivity index (χ1) is 9.54. The summed E-state index contributed by atoms with van der Waals surface area (Å²) in [6.45, 7) is 4.21. The molecule has 0 saturated carbocycles. The lowest BCUT2D eigenvalue weighted by molar-refractivity contribution is -0.134. The van der Waals surface area contributed by atoms with Gasteiger partial charge in [-0.25, -0.2) is 9.59 Å². The van der Waals surface area contributed by atoms with E-state index in [-0.39, 0.29) is 0 Å². The molecular formula is C14H18N2O4. The normalized spacial score (nSPS) is 13.2. The fourth-order valence-electron chi connectivity index (χ4n) is 1.83. The molecule has 0 saturated heterocycles. The van der Waals surface area contributed by atoms with Crippen LogP contribution < -0.4 is 0 Å². The zero-order valence-electron chi connectivity index (χ0n) is 11.3. The molecule has 6 nitrogen and oxygen atoms in total. The fourth-order valence-corrected chi connectivity index (χ4v) is 1.83. The highest BCUT2D eigenvalue weighted by atomic mass is 16.4. The quantitative estimate of drug-likeness (QED) is 0.821. The number of aliphatic carboxylic acids is 2. The van der Waals surface area contributed by atoms with Crippen LogP contribution in [0.25, 0.3) is 0 Å². The van der Waals surface area contributed by atoms with Crippen LogP contribution in [-0.4, -0.2) is 39.0 Å². The third-order valence-electron chi connectivity index (χ3n) is 2.62. The van der Waals surface area contributed by atoms with Crippen molar-refractivity contribution in [2.75, 3.05) is 6.54 Å². The monoisotopic (exact) mass is 278 g/mol. The Hall–Kier alpha value is -2.37. The zero-order chi connectivity index (χ0) is 15.0. The van der Waals surface area contributed by atoms with E-state index in [1.807, 2.05) is 0 Å². The molecular weight excluding hydrogens is 260 g/mol. The lowest BCUT2D eigenvalue weighted by atomic mass is 10.1. The highest BCUT2D eigenvalue weighted by molar-refractivity contribution is 5.99. The van der Waals surface area contributed by atoms with Gasteiger partial charge in [0.1, 0.15) is 0 Å². The second kappa shape index (κ2) is 7.93. The summed E-state index contributed by atoms with van der Waals surface area (Å²) < 4.78 is 2.29. The maximum absolute atomic E-state index is 9.55. The van der Waals surface area contributed by atoms with Crippen molar-refractivity contribution >= 4 is 17.7 Å². The number of carboxylic acid groups (broad SMARTS) is 2. The van der Waals surface area contributed by atoms with E-state index in [0.717, 1.165) is 19.5 Å². The summed E-state index contributed by atoms with van der Waals surface area (Å²) in [5.41, 5.74) is 2.61. The van der Waals surface area contributed by atoms with E-state index < -0.39 is 11.9 Å². The van der Waals surface area contributed by atoms with E-state index >= 15 is 0 Å². The van der Waals surface area contributed by atoms with Crippen LogP contribution in [0, 0.1) is 0 Å². The van der Waals surface area contributed by atoms with Crippen LogP contribution in [0.1, 0.15) is 25.5 Å². The molecule has 20 heavy (non-hydrogen) atoms. The molecule has 1 aromatic heterocycles. The lowest BCUT2D eigenvalue weighted by Gasteiger charge is -2.15. The number of hydrogen-bond donors (Lipinski definition) is 2. The third-order valence-corrected chi connectivity index (χ3v) is 2.62. The van der Waals surface area contributed by atoms with Crippen LogP contribution in [0.15, 0.2) is 35.5 Å². The minimum Gasteiger partial charge on any atom is -0.478 e. The first kappa shape index (κ1) is 15.7. The molecule has 1 aliphatic rings.